The number of hydrogen-bond donors (Lipinski definition) is 0. The van der Waals surface area contributed by atoms with Gasteiger partial charge in [-0.15, -0.1) is 0 Å². The molecular formula is C32H34ClFN2O5. The van der Waals surface area contributed by atoms with Gasteiger partial charge in [0, 0.05) is 19.2 Å². The summed E-state index contributed by atoms with van der Waals surface area (Å²) in [5.74, 6) is 0.157. The highest BCUT2D eigenvalue weighted by Crippen LogP contribution is 2.30. The van der Waals surface area contributed by atoms with E-state index in [1.54, 1.807) is 9.80 Å². The lowest BCUT2D eigenvalue weighted by molar-refractivity contribution is -0.177. The zero-order valence-electron chi connectivity index (χ0n) is 22.9. The number of para-hydroxylation sites is 1. The second-order valence-electron chi connectivity index (χ2n) is 10.4. The highest BCUT2D eigenvalue weighted by atomic mass is 35.5. The van der Waals surface area contributed by atoms with E-state index in [0.29, 0.717) is 38.4 Å². The minimum Gasteiger partial charge on any atom is -0.491 e. The molecule has 216 valence electrons. The molecule has 7 nitrogen and oxygen atoms in total. The van der Waals surface area contributed by atoms with Crippen LogP contribution in [0.25, 0.3) is 0 Å². The van der Waals surface area contributed by atoms with Gasteiger partial charge in [-0.2, -0.15) is 0 Å². The summed E-state index contributed by atoms with van der Waals surface area (Å²) in [4.78, 5) is 31.0. The van der Waals surface area contributed by atoms with Crippen molar-refractivity contribution in [2.45, 2.75) is 37.8 Å². The fourth-order valence-corrected chi connectivity index (χ4v) is 5.55. The van der Waals surface area contributed by atoms with Gasteiger partial charge in [-0.05, 0) is 55.0 Å². The van der Waals surface area contributed by atoms with Crippen molar-refractivity contribution >= 4 is 23.4 Å². The van der Waals surface area contributed by atoms with E-state index < -0.39 is 11.4 Å². The normalized spacial score (nSPS) is 20.0. The molecule has 0 N–H and O–H groups in total. The molecule has 0 radical (unpaired) electrons. The number of carbonyl (C=O) groups is 2. The summed E-state index contributed by atoms with van der Waals surface area (Å²) in [6, 6.07) is 21.8. The zero-order chi connectivity index (χ0) is 28.7. The van der Waals surface area contributed by atoms with Crippen LogP contribution in [0.15, 0.2) is 72.8 Å². The van der Waals surface area contributed by atoms with Crippen molar-refractivity contribution in [3.05, 3.63) is 94.8 Å². The largest absolute Gasteiger partial charge is 0.491 e. The monoisotopic (exact) mass is 580 g/mol. The summed E-state index contributed by atoms with van der Waals surface area (Å²) in [6.45, 7) is 1.55. The highest BCUT2D eigenvalue weighted by molar-refractivity contribution is 6.30. The standard InChI is InChI=1S/C32H34ClFN2O5/c33-27-20-26(13-14-28(27)34)40-22-30(37)36-17-19-41-32(23-36)15-7-6-11-25-10-4-5-12-29(25)39-18-16-35(31(32)38)21-24-8-2-1-3-9-24/h1-5,8-10,12-14,20H,6-7,11,15-19,21-23H2. The second-order valence-corrected chi connectivity index (χ2v) is 10.8. The molecule has 0 saturated carbocycles. The maximum absolute atomic E-state index is 14.3. The molecule has 2 aliphatic heterocycles. The number of ether oxygens (including phenoxy) is 3. The topological polar surface area (TPSA) is 68.3 Å². The first-order valence-corrected chi connectivity index (χ1v) is 14.3. The molecule has 1 saturated heterocycles. The Hall–Kier alpha value is -3.62. The molecule has 3 aromatic rings. The van der Waals surface area contributed by atoms with Crippen molar-refractivity contribution in [2.75, 3.05) is 39.5 Å². The van der Waals surface area contributed by atoms with Crippen LogP contribution < -0.4 is 9.47 Å². The Balaban J connectivity index is 1.35. The lowest BCUT2D eigenvalue weighted by Crippen LogP contribution is -2.62. The van der Waals surface area contributed by atoms with Gasteiger partial charge in [-0.1, -0.05) is 60.1 Å². The fraction of sp³-hybridized carbons (Fsp3) is 0.375. The Morgan fingerprint density at radius 3 is 2.63 bits per heavy atom. The van der Waals surface area contributed by atoms with Gasteiger partial charge >= 0.3 is 0 Å². The fourth-order valence-electron chi connectivity index (χ4n) is 5.37. The molecule has 1 atom stereocenters. The minimum absolute atomic E-state index is 0.0794. The lowest BCUT2D eigenvalue weighted by atomic mass is 9.90. The summed E-state index contributed by atoms with van der Waals surface area (Å²) in [7, 11) is 0. The van der Waals surface area contributed by atoms with Crippen molar-refractivity contribution in [3.63, 3.8) is 0 Å². The van der Waals surface area contributed by atoms with E-state index >= 15 is 0 Å². The number of halogens is 2. The average Bonchev–Trinajstić information content (AvgIpc) is 2.99. The van der Waals surface area contributed by atoms with Crippen molar-refractivity contribution in [1.29, 1.82) is 0 Å². The van der Waals surface area contributed by atoms with Crippen LogP contribution in [0.5, 0.6) is 11.5 Å². The number of aryl methyl sites for hydroxylation is 1. The maximum Gasteiger partial charge on any atom is 0.260 e. The molecule has 1 fully saturated rings. The number of amides is 2. The highest BCUT2D eigenvalue weighted by Gasteiger charge is 2.46. The number of rotatable bonds is 5. The first-order chi connectivity index (χ1) is 19.9. The van der Waals surface area contributed by atoms with Crippen LogP contribution in [0.2, 0.25) is 5.02 Å². The third kappa shape index (κ3) is 7.18. The van der Waals surface area contributed by atoms with Gasteiger partial charge in [0.1, 0.15) is 23.9 Å². The smallest absolute Gasteiger partial charge is 0.260 e. The third-order valence-corrected chi connectivity index (χ3v) is 7.84. The Morgan fingerprint density at radius 1 is 1.00 bits per heavy atom. The maximum atomic E-state index is 14.3. The van der Waals surface area contributed by atoms with Crippen LogP contribution in [0, 0.1) is 5.82 Å². The molecule has 0 bridgehead atoms. The SMILES string of the molecule is O=C(COc1ccc(F)c(Cl)c1)N1CCOC2(CCCCc3ccccc3OCCN(Cc3ccccc3)C2=O)C1. The predicted molar refractivity (Wildman–Crippen MR) is 154 cm³/mol. The quantitative estimate of drug-likeness (QED) is 0.410. The van der Waals surface area contributed by atoms with Gasteiger partial charge in [0.15, 0.2) is 12.2 Å². The van der Waals surface area contributed by atoms with Crippen molar-refractivity contribution in [1.82, 2.24) is 9.80 Å². The number of morpholine rings is 1. The van der Waals surface area contributed by atoms with E-state index in [-0.39, 0.29) is 36.6 Å². The summed E-state index contributed by atoms with van der Waals surface area (Å²) < 4.78 is 31.6. The van der Waals surface area contributed by atoms with E-state index in [4.69, 9.17) is 25.8 Å². The molecule has 2 aliphatic rings. The third-order valence-electron chi connectivity index (χ3n) is 7.55. The van der Waals surface area contributed by atoms with E-state index in [1.165, 1.54) is 18.2 Å². The van der Waals surface area contributed by atoms with Crippen LogP contribution in [-0.4, -0.2) is 66.7 Å². The van der Waals surface area contributed by atoms with Crippen LogP contribution in [0.3, 0.4) is 0 Å². The summed E-state index contributed by atoms with van der Waals surface area (Å²) in [6.07, 6.45) is 2.90. The van der Waals surface area contributed by atoms with Crippen LogP contribution in [0.4, 0.5) is 4.39 Å². The van der Waals surface area contributed by atoms with E-state index in [9.17, 15) is 14.0 Å². The van der Waals surface area contributed by atoms with Gasteiger partial charge in [-0.3, -0.25) is 9.59 Å². The number of fused-ring (bicyclic) bond motifs is 1. The molecule has 3 aromatic carbocycles. The lowest BCUT2D eigenvalue weighted by Gasteiger charge is -2.44. The number of benzene rings is 3. The molecule has 9 heteroatoms. The summed E-state index contributed by atoms with van der Waals surface area (Å²) in [5, 5.41) is -0.0794. The molecule has 2 heterocycles. The molecule has 41 heavy (non-hydrogen) atoms. The summed E-state index contributed by atoms with van der Waals surface area (Å²) >= 11 is 5.85. The van der Waals surface area contributed by atoms with Crippen molar-refractivity contribution < 1.29 is 28.2 Å². The first-order valence-electron chi connectivity index (χ1n) is 14.0. The molecule has 5 rings (SSSR count). The Bertz CT molecular complexity index is 1360. The van der Waals surface area contributed by atoms with Crippen molar-refractivity contribution in [2.24, 2.45) is 0 Å². The number of carbonyl (C=O) groups excluding carboxylic acids is 2. The van der Waals surface area contributed by atoms with Crippen LogP contribution in [-0.2, 0) is 27.3 Å². The minimum atomic E-state index is -1.18. The molecule has 0 aliphatic carbocycles. The van der Waals surface area contributed by atoms with Gasteiger partial charge in [0.05, 0.1) is 24.7 Å². The average molecular weight is 581 g/mol. The first kappa shape index (κ1) is 28.9. The van der Waals surface area contributed by atoms with Gasteiger partial charge in [0.25, 0.3) is 11.8 Å². The van der Waals surface area contributed by atoms with Gasteiger partial charge in [0.2, 0.25) is 0 Å². The summed E-state index contributed by atoms with van der Waals surface area (Å²) in [5.41, 5.74) is 0.960. The van der Waals surface area contributed by atoms with Crippen LogP contribution in [0.1, 0.15) is 30.4 Å². The Morgan fingerprint density at radius 2 is 1.80 bits per heavy atom. The number of hydrogen-bond acceptors (Lipinski definition) is 5. The van der Waals surface area contributed by atoms with Gasteiger partial charge < -0.3 is 24.0 Å². The predicted octanol–water partition coefficient (Wildman–Crippen LogP) is 5.29. The van der Waals surface area contributed by atoms with E-state index in [1.807, 2.05) is 48.5 Å². The van der Waals surface area contributed by atoms with E-state index in [0.717, 1.165) is 36.1 Å². The molecule has 2 amide bonds. The molecule has 1 unspecified atom stereocenters. The molecule has 1 spiro atoms. The molecular weight excluding hydrogens is 547 g/mol. The number of nitrogens with zero attached hydrogens (tertiary/aromatic N) is 2. The van der Waals surface area contributed by atoms with Crippen molar-refractivity contribution in [3.8, 4) is 11.5 Å². The molecule has 0 aromatic heterocycles. The van der Waals surface area contributed by atoms with E-state index in [2.05, 4.69) is 6.07 Å². The Kier molecular flexibility index (Phi) is 9.42. The second kappa shape index (κ2) is 13.4. The zero-order valence-corrected chi connectivity index (χ0v) is 23.7. The Labute approximate surface area is 244 Å². The van der Waals surface area contributed by atoms with Crippen LogP contribution >= 0.6 is 11.6 Å². The van der Waals surface area contributed by atoms with Gasteiger partial charge in [-0.25, -0.2) is 4.39 Å².